The number of pyridine rings is 12. The van der Waals surface area contributed by atoms with Crippen molar-refractivity contribution >= 4 is 131 Å². The van der Waals surface area contributed by atoms with Gasteiger partial charge in [-0.1, -0.05) is 267 Å². The summed E-state index contributed by atoms with van der Waals surface area (Å²) in [7, 11) is 0. The predicted molar refractivity (Wildman–Crippen MR) is 491 cm³/mol. The molecule has 12 aromatic carbocycles. The minimum absolute atomic E-state index is 0.802. The van der Waals surface area contributed by atoms with Gasteiger partial charge in [0.25, 0.3) is 0 Å². The summed E-state index contributed by atoms with van der Waals surface area (Å²) >= 11 is 0. The molecule has 12 aromatic heterocycles. The zero-order valence-electron chi connectivity index (χ0n) is 64.3. The van der Waals surface area contributed by atoms with Crippen molar-refractivity contribution in [2.75, 3.05) is 0 Å². The predicted octanol–water partition coefficient (Wildman–Crippen LogP) is 26.6. The second kappa shape index (κ2) is 28.8. The minimum atomic E-state index is 0.802. The highest BCUT2D eigenvalue weighted by Crippen LogP contribution is 2.39. The van der Waals surface area contributed by atoms with Crippen LogP contribution < -0.4 is 0 Å². The Labute approximate surface area is 687 Å². The third-order valence-corrected chi connectivity index (χ3v) is 23.0. The van der Waals surface area contributed by atoms with Gasteiger partial charge in [0.2, 0.25) is 0 Å². The van der Waals surface area contributed by atoms with E-state index in [9.17, 15) is 0 Å². The van der Waals surface area contributed by atoms with Gasteiger partial charge in [0.05, 0.1) is 117 Å². The van der Waals surface area contributed by atoms with Crippen molar-refractivity contribution in [3.8, 4) is 112 Å². The molecule has 0 amide bonds. The van der Waals surface area contributed by atoms with Crippen LogP contribution in [0.3, 0.4) is 0 Å². The van der Waals surface area contributed by atoms with Crippen molar-refractivity contribution in [1.82, 2.24) is 59.8 Å². The molecule has 0 unspecified atom stereocenters. The van der Waals surface area contributed by atoms with Crippen molar-refractivity contribution in [3.05, 3.63) is 389 Å². The largest absolute Gasteiger partial charge is 0.254 e. The zero-order valence-corrected chi connectivity index (χ0v) is 64.3. The molecule has 0 spiro atoms. The van der Waals surface area contributed by atoms with Crippen LogP contribution in [0, 0.1) is 0 Å². The number of fused-ring (bicyclic) bond motifs is 16. The van der Waals surface area contributed by atoms with E-state index >= 15 is 0 Å². The molecule has 12 nitrogen and oxygen atoms in total. The smallest absolute Gasteiger partial charge is 0.0973 e. The molecule has 0 bridgehead atoms. The standard InChI is InChI=1S/2C54H32N6/c1-2-6-33(7-3-1)44-25-21-38-15-16-39-23-28-48(60-54(39)53(38)58-44)47-27-20-35-12-18-43(32-50(35)57-47)45-24-19-34-11-17-41(31-49(34)56-45)40-8-4-9-42(30-40)46-26-22-37-14-13-36-10-5-29-55-51(36)52(37)59-46;1-2-5-34(6-3-1)45-25-21-39-14-15-40-22-26-46(60-53(40)52(39)59-45)35-10-8-33(9-11-35)41-16-12-36-19-24-47(57-49(36)31-41)42-17-13-37-20-27-48(58-50(37)32-42)43-28-30-56-54-44(43)23-18-38-7-4-29-55-51(38)54/h2*1-32H. The Balaban J connectivity index is 0.000000140. The maximum absolute atomic E-state index is 5.19. The minimum Gasteiger partial charge on any atom is -0.254 e. The molecule has 0 radical (unpaired) electrons. The normalized spacial score (nSPS) is 11.7. The lowest BCUT2D eigenvalue weighted by molar-refractivity contribution is 1.31. The SMILES string of the molecule is c1ccc(-c2ccc3ccc4ccc(-c5ccc(-c6ccc7ccc(-c8ccc9ccc(-c%10ccnc%11c%10ccc%10cccnc%10%11)nc9c8)nc7c6)cc5)nc4c3n2)cc1.c1ccc(-c2ccc3ccc4ccc(-c5ccc6ccc(-c7ccc8ccc(-c9cccc(-c%10ccc%11ccc%12cccnc%12c%11n%10)c9)cc8n7)cc6n5)nc4c3n2)cc1. The van der Waals surface area contributed by atoms with Crippen LogP contribution in [-0.4, -0.2) is 59.8 Å². The first-order chi connectivity index (χ1) is 59.3. The lowest BCUT2D eigenvalue weighted by Gasteiger charge is -2.10. The highest BCUT2D eigenvalue weighted by Gasteiger charge is 2.18. The average Bonchev–Trinajstić information content (AvgIpc) is 1.06. The van der Waals surface area contributed by atoms with E-state index in [0.717, 1.165) is 243 Å². The third kappa shape index (κ3) is 12.7. The van der Waals surface area contributed by atoms with Crippen LogP contribution in [0.1, 0.15) is 0 Å². The van der Waals surface area contributed by atoms with Gasteiger partial charge >= 0.3 is 0 Å². The van der Waals surface area contributed by atoms with Gasteiger partial charge in [-0.25, -0.2) is 44.9 Å². The summed E-state index contributed by atoms with van der Waals surface area (Å²) in [6, 6.07) is 128. The Hall–Kier alpha value is -16.4. The second-order valence-electron chi connectivity index (χ2n) is 30.3. The molecule has 0 N–H and O–H groups in total. The number of hydrogen-bond acceptors (Lipinski definition) is 12. The van der Waals surface area contributed by atoms with Crippen LogP contribution in [0.4, 0.5) is 0 Å². The maximum atomic E-state index is 5.19. The van der Waals surface area contributed by atoms with Crippen LogP contribution in [0.25, 0.3) is 243 Å². The Morgan fingerprint density at radius 1 is 0.133 bits per heavy atom. The number of benzene rings is 12. The molecule has 0 aliphatic rings. The van der Waals surface area contributed by atoms with Crippen LogP contribution in [0.15, 0.2) is 389 Å². The lowest BCUT2D eigenvalue weighted by Crippen LogP contribution is -1.93. The summed E-state index contributed by atoms with van der Waals surface area (Å²) in [5, 5.41) is 12.8. The molecule has 0 aliphatic carbocycles. The molecular formula is C108H64N12. The van der Waals surface area contributed by atoms with Gasteiger partial charge in [0.1, 0.15) is 0 Å². The van der Waals surface area contributed by atoms with Crippen molar-refractivity contribution in [2.24, 2.45) is 0 Å². The molecule has 0 saturated carbocycles. The summed E-state index contributed by atoms with van der Waals surface area (Å²) in [5.74, 6) is 0. The van der Waals surface area contributed by atoms with Gasteiger partial charge in [0.15, 0.2) is 0 Å². The second-order valence-corrected chi connectivity index (χ2v) is 30.3. The van der Waals surface area contributed by atoms with Crippen molar-refractivity contribution in [1.29, 1.82) is 0 Å². The monoisotopic (exact) mass is 1530 g/mol. The van der Waals surface area contributed by atoms with Gasteiger partial charge in [-0.05, 0) is 125 Å². The Morgan fingerprint density at radius 3 is 0.900 bits per heavy atom. The Kier molecular flexibility index (Phi) is 16.6. The number of nitrogens with zero attached hydrogens (tertiary/aromatic N) is 12. The first-order valence-corrected chi connectivity index (χ1v) is 40.0. The molecule has 24 rings (SSSR count). The molecule has 556 valence electrons. The number of aromatic nitrogens is 12. The summed E-state index contributed by atoms with van der Waals surface area (Å²) < 4.78 is 0. The number of hydrogen-bond donors (Lipinski definition) is 0. The van der Waals surface area contributed by atoms with Crippen LogP contribution in [0.5, 0.6) is 0 Å². The van der Waals surface area contributed by atoms with E-state index in [1.165, 1.54) is 0 Å². The lowest BCUT2D eigenvalue weighted by atomic mass is 9.99. The van der Waals surface area contributed by atoms with Crippen molar-refractivity contribution in [3.63, 3.8) is 0 Å². The van der Waals surface area contributed by atoms with Gasteiger partial charge in [-0.15, -0.1) is 0 Å². The molecule has 0 atom stereocenters. The fourth-order valence-electron chi connectivity index (χ4n) is 16.7. The van der Waals surface area contributed by atoms with E-state index in [4.69, 9.17) is 49.8 Å². The quantitative estimate of drug-likeness (QED) is 0.120. The van der Waals surface area contributed by atoms with E-state index in [2.05, 4.69) is 313 Å². The molecule has 0 fully saturated rings. The molecule has 0 saturated heterocycles. The summed E-state index contributed by atoms with van der Waals surface area (Å²) in [4.78, 5) is 60.3. The van der Waals surface area contributed by atoms with E-state index in [1.807, 2.05) is 85.3 Å². The Morgan fingerprint density at radius 2 is 0.408 bits per heavy atom. The highest BCUT2D eigenvalue weighted by atomic mass is 14.8. The molecule has 0 aliphatic heterocycles. The molecule has 24 aromatic rings. The molecule has 12 heteroatoms. The first-order valence-electron chi connectivity index (χ1n) is 40.0. The maximum Gasteiger partial charge on any atom is 0.0973 e. The fraction of sp³-hybridized carbons (Fsp3) is 0. The van der Waals surface area contributed by atoms with E-state index in [0.29, 0.717) is 0 Å². The van der Waals surface area contributed by atoms with Gasteiger partial charge in [-0.2, -0.15) is 0 Å². The highest BCUT2D eigenvalue weighted by molar-refractivity contribution is 6.10. The zero-order chi connectivity index (χ0) is 79.1. The van der Waals surface area contributed by atoms with E-state index < -0.39 is 0 Å². The van der Waals surface area contributed by atoms with Crippen molar-refractivity contribution in [2.45, 2.75) is 0 Å². The molecule has 120 heavy (non-hydrogen) atoms. The Bertz CT molecular complexity index is 8310. The van der Waals surface area contributed by atoms with E-state index in [1.54, 1.807) is 0 Å². The topological polar surface area (TPSA) is 155 Å². The van der Waals surface area contributed by atoms with Gasteiger partial charge < -0.3 is 0 Å². The summed E-state index contributed by atoms with van der Waals surface area (Å²) in [5.41, 5.74) is 30.5. The van der Waals surface area contributed by atoms with Crippen molar-refractivity contribution < 1.29 is 0 Å². The summed E-state index contributed by atoms with van der Waals surface area (Å²) in [6.45, 7) is 0. The third-order valence-electron chi connectivity index (χ3n) is 23.0. The first kappa shape index (κ1) is 69.1. The van der Waals surface area contributed by atoms with E-state index in [-0.39, 0.29) is 0 Å². The van der Waals surface area contributed by atoms with Gasteiger partial charge in [0, 0.05) is 122 Å². The number of rotatable bonds is 10. The summed E-state index contributed by atoms with van der Waals surface area (Å²) in [6.07, 6.45) is 5.49. The average molecular weight is 1530 g/mol. The molecule has 12 heterocycles. The van der Waals surface area contributed by atoms with Crippen LogP contribution >= 0.6 is 0 Å². The van der Waals surface area contributed by atoms with Gasteiger partial charge in [-0.3, -0.25) is 15.0 Å². The van der Waals surface area contributed by atoms with Crippen LogP contribution in [0.2, 0.25) is 0 Å². The fourth-order valence-corrected chi connectivity index (χ4v) is 16.7. The molecular weight excluding hydrogens is 1470 g/mol. The van der Waals surface area contributed by atoms with Crippen LogP contribution in [-0.2, 0) is 0 Å².